The Bertz CT molecular complexity index is 960. The lowest BCUT2D eigenvalue weighted by Gasteiger charge is -2.07. The molecule has 24 heavy (non-hydrogen) atoms. The van der Waals surface area contributed by atoms with Crippen molar-refractivity contribution in [2.24, 2.45) is 12.0 Å². The van der Waals surface area contributed by atoms with E-state index in [2.05, 4.69) is 34.3 Å². The molecular formula is C20H16N4. The van der Waals surface area contributed by atoms with E-state index in [1.807, 2.05) is 55.7 Å². The largest absolute Gasteiger partial charge is 0.273 e. The zero-order valence-electron chi connectivity index (χ0n) is 13.3. The van der Waals surface area contributed by atoms with E-state index in [9.17, 15) is 0 Å². The fourth-order valence-corrected chi connectivity index (χ4v) is 2.70. The molecule has 2 aromatic carbocycles. The lowest BCUT2D eigenvalue weighted by molar-refractivity contribution is 0.776. The van der Waals surface area contributed by atoms with Crippen LogP contribution >= 0.6 is 0 Å². The minimum atomic E-state index is 0.734. The molecule has 0 radical (unpaired) electrons. The molecule has 4 rings (SSSR count). The van der Waals surface area contributed by atoms with Gasteiger partial charge in [-0.15, -0.1) is 0 Å². The highest BCUT2D eigenvalue weighted by Gasteiger charge is 2.08. The Morgan fingerprint density at radius 3 is 2.17 bits per heavy atom. The van der Waals surface area contributed by atoms with Crippen molar-refractivity contribution in [3.63, 3.8) is 0 Å². The molecule has 2 heterocycles. The van der Waals surface area contributed by atoms with Gasteiger partial charge in [0.2, 0.25) is 0 Å². The SMILES string of the molecule is Cn1cc2cc(N=C(c3ccccc3)c3ccccc3)cnc2n1. The van der Waals surface area contributed by atoms with Crippen LogP contribution in [0.1, 0.15) is 11.1 Å². The first-order valence-corrected chi connectivity index (χ1v) is 7.78. The number of nitrogens with zero attached hydrogens (tertiary/aromatic N) is 4. The number of rotatable bonds is 3. The van der Waals surface area contributed by atoms with Crippen molar-refractivity contribution in [1.82, 2.24) is 14.8 Å². The summed E-state index contributed by atoms with van der Waals surface area (Å²) in [5, 5.41) is 5.29. The van der Waals surface area contributed by atoms with Gasteiger partial charge in [0.05, 0.1) is 17.6 Å². The maximum Gasteiger partial charge on any atom is 0.181 e. The second kappa shape index (κ2) is 6.08. The van der Waals surface area contributed by atoms with Crippen molar-refractivity contribution in [2.45, 2.75) is 0 Å². The fourth-order valence-electron chi connectivity index (χ4n) is 2.70. The number of hydrogen-bond donors (Lipinski definition) is 0. The number of aryl methyl sites for hydroxylation is 1. The second-order valence-electron chi connectivity index (χ2n) is 5.60. The van der Waals surface area contributed by atoms with Crippen molar-refractivity contribution in [3.05, 3.63) is 90.3 Å². The highest BCUT2D eigenvalue weighted by molar-refractivity contribution is 6.14. The van der Waals surface area contributed by atoms with E-state index < -0.39 is 0 Å². The predicted octanol–water partition coefficient (Wildman–Crippen LogP) is 4.14. The lowest BCUT2D eigenvalue weighted by atomic mass is 10.0. The molecule has 0 N–H and O–H groups in total. The van der Waals surface area contributed by atoms with Crippen LogP contribution in [0.4, 0.5) is 5.69 Å². The van der Waals surface area contributed by atoms with E-state index in [1.54, 1.807) is 10.9 Å². The summed E-state index contributed by atoms with van der Waals surface area (Å²) in [6.45, 7) is 0. The number of hydrogen-bond acceptors (Lipinski definition) is 3. The topological polar surface area (TPSA) is 43.1 Å². The summed E-state index contributed by atoms with van der Waals surface area (Å²) < 4.78 is 1.76. The molecular weight excluding hydrogens is 296 g/mol. The summed E-state index contributed by atoms with van der Waals surface area (Å²) in [5.41, 5.74) is 4.64. The van der Waals surface area contributed by atoms with E-state index >= 15 is 0 Å². The first kappa shape index (κ1) is 14.3. The van der Waals surface area contributed by atoms with Gasteiger partial charge in [-0.3, -0.25) is 4.68 Å². The molecule has 0 aliphatic heterocycles. The van der Waals surface area contributed by atoms with Crippen LogP contribution < -0.4 is 0 Å². The van der Waals surface area contributed by atoms with Crippen LogP contribution in [0.5, 0.6) is 0 Å². The number of fused-ring (bicyclic) bond motifs is 1. The zero-order chi connectivity index (χ0) is 16.4. The summed E-state index contributed by atoms with van der Waals surface area (Å²) in [7, 11) is 1.89. The molecule has 0 amide bonds. The average Bonchev–Trinajstić information content (AvgIpc) is 3.00. The van der Waals surface area contributed by atoms with Gasteiger partial charge in [0.15, 0.2) is 5.65 Å². The van der Waals surface area contributed by atoms with Gasteiger partial charge in [0, 0.05) is 29.8 Å². The van der Waals surface area contributed by atoms with E-state index in [0.29, 0.717) is 0 Å². The van der Waals surface area contributed by atoms with Gasteiger partial charge in [0.25, 0.3) is 0 Å². The Labute approximate surface area is 140 Å². The molecule has 4 heteroatoms. The summed E-state index contributed by atoms with van der Waals surface area (Å²) in [6.07, 6.45) is 3.72. The summed E-state index contributed by atoms with van der Waals surface area (Å²) >= 11 is 0. The van der Waals surface area contributed by atoms with Crippen molar-refractivity contribution in [1.29, 1.82) is 0 Å². The molecule has 0 saturated carbocycles. The predicted molar refractivity (Wildman–Crippen MR) is 96.7 cm³/mol. The zero-order valence-corrected chi connectivity index (χ0v) is 13.3. The fraction of sp³-hybridized carbons (Fsp3) is 0.0500. The normalized spacial score (nSPS) is 10.7. The van der Waals surface area contributed by atoms with Crippen LogP contribution in [0.15, 0.2) is 84.1 Å². The molecule has 0 bridgehead atoms. The number of pyridine rings is 1. The molecule has 2 aromatic heterocycles. The monoisotopic (exact) mass is 312 g/mol. The highest BCUT2D eigenvalue weighted by Crippen LogP contribution is 2.21. The van der Waals surface area contributed by atoms with Crippen molar-refractivity contribution >= 4 is 22.4 Å². The summed E-state index contributed by atoms with van der Waals surface area (Å²) in [6, 6.07) is 22.4. The average molecular weight is 312 g/mol. The van der Waals surface area contributed by atoms with Crippen molar-refractivity contribution < 1.29 is 0 Å². The number of aliphatic imine (C=N–C) groups is 1. The molecule has 4 aromatic rings. The van der Waals surface area contributed by atoms with E-state index in [4.69, 9.17) is 4.99 Å². The lowest BCUT2D eigenvalue weighted by Crippen LogP contribution is -2.02. The van der Waals surface area contributed by atoms with Gasteiger partial charge < -0.3 is 0 Å². The van der Waals surface area contributed by atoms with Gasteiger partial charge in [-0.2, -0.15) is 5.10 Å². The smallest absolute Gasteiger partial charge is 0.181 e. The molecule has 0 unspecified atom stereocenters. The van der Waals surface area contributed by atoms with E-state index in [0.717, 1.165) is 33.6 Å². The molecule has 0 fully saturated rings. The quantitative estimate of drug-likeness (QED) is 0.534. The Kier molecular flexibility index (Phi) is 3.63. The second-order valence-corrected chi connectivity index (χ2v) is 5.60. The van der Waals surface area contributed by atoms with Crippen molar-refractivity contribution in [3.8, 4) is 0 Å². The van der Waals surface area contributed by atoms with Crippen LogP contribution in [-0.4, -0.2) is 20.5 Å². The number of aromatic nitrogens is 3. The van der Waals surface area contributed by atoms with Crippen molar-refractivity contribution in [2.75, 3.05) is 0 Å². The van der Waals surface area contributed by atoms with Gasteiger partial charge in [-0.1, -0.05) is 60.7 Å². The minimum Gasteiger partial charge on any atom is -0.273 e. The van der Waals surface area contributed by atoms with Crippen LogP contribution in [-0.2, 0) is 7.05 Å². The maximum absolute atomic E-state index is 4.88. The third kappa shape index (κ3) is 2.82. The maximum atomic E-state index is 4.88. The molecule has 0 saturated heterocycles. The van der Waals surface area contributed by atoms with E-state index in [-0.39, 0.29) is 0 Å². The highest BCUT2D eigenvalue weighted by atomic mass is 15.3. The molecule has 0 spiro atoms. The van der Waals surface area contributed by atoms with Gasteiger partial charge in [-0.05, 0) is 6.07 Å². The van der Waals surface area contributed by atoms with Gasteiger partial charge in [-0.25, -0.2) is 9.98 Å². The van der Waals surface area contributed by atoms with Gasteiger partial charge in [0.1, 0.15) is 0 Å². The molecule has 0 aliphatic rings. The molecule has 4 nitrogen and oxygen atoms in total. The standard InChI is InChI=1S/C20H16N4/c1-24-14-17-12-18(13-21-20(17)23-24)22-19(15-8-4-2-5-9-15)16-10-6-3-7-11-16/h2-14H,1H3. The van der Waals surface area contributed by atoms with Crippen LogP contribution in [0.25, 0.3) is 11.0 Å². The van der Waals surface area contributed by atoms with Crippen LogP contribution in [0.2, 0.25) is 0 Å². The first-order valence-electron chi connectivity index (χ1n) is 7.78. The molecule has 0 aliphatic carbocycles. The van der Waals surface area contributed by atoms with Crippen LogP contribution in [0, 0.1) is 0 Å². The minimum absolute atomic E-state index is 0.734. The first-order chi connectivity index (χ1) is 11.8. The number of benzene rings is 2. The Hall–Kier alpha value is -3.27. The Balaban J connectivity index is 1.86. The van der Waals surface area contributed by atoms with Gasteiger partial charge >= 0.3 is 0 Å². The Morgan fingerprint density at radius 1 is 0.917 bits per heavy atom. The summed E-state index contributed by atoms with van der Waals surface area (Å²) in [4.78, 5) is 9.28. The third-order valence-electron chi connectivity index (χ3n) is 3.79. The van der Waals surface area contributed by atoms with E-state index in [1.165, 1.54) is 0 Å². The molecule has 116 valence electrons. The molecule has 0 atom stereocenters. The third-order valence-corrected chi connectivity index (χ3v) is 3.79. The van der Waals surface area contributed by atoms with Crippen LogP contribution in [0.3, 0.4) is 0 Å². The summed E-state index contributed by atoms with van der Waals surface area (Å²) in [5.74, 6) is 0. The Morgan fingerprint density at radius 2 is 1.54 bits per heavy atom.